The molecule has 5 nitrogen and oxygen atoms in total. The number of aromatic nitrogens is 1. The first-order valence-electron chi connectivity index (χ1n) is 5.51. The fraction of sp³-hybridized carbons (Fsp3) is 0.500. The van der Waals surface area contributed by atoms with E-state index in [9.17, 15) is 4.79 Å². The van der Waals surface area contributed by atoms with E-state index < -0.39 is 11.7 Å². The van der Waals surface area contributed by atoms with Gasteiger partial charge in [0.15, 0.2) is 0 Å². The zero-order valence-electron chi connectivity index (χ0n) is 10.5. The molecule has 0 aliphatic heterocycles. The minimum Gasteiger partial charge on any atom is -0.444 e. The molecule has 0 bridgehead atoms. The lowest BCUT2D eigenvalue weighted by Crippen LogP contribution is -2.32. The van der Waals surface area contributed by atoms with Gasteiger partial charge in [-0.25, -0.2) is 4.79 Å². The lowest BCUT2D eigenvalue weighted by molar-refractivity contribution is 0.0523. The Labute approximate surface area is 101 Å². The third-order valence-electron chi connectivity index (χ3n) is 1.93. The second-order valence-corrected chi connectivity index (χ2v) is 4.72. The van der Waals surface area contributed by atoms with Crippen LogP contribution in [0.2, 0.25) is 0 Å². The van der Waals surface area contributed by atoms with Gasteiger partial charge in [0.1, 0.15) is 5.60 Å². The standard InChI is InChI=1S/C12H19N3O2/c1-12(2,3)17-11(16)15-8-10-5-4-9(6-13)7-14-10/h4-5,7H,6,8,13H2,1-3H3,(H,15,16). The summed E-state index contributed by atoms with van der Waals surface area (Å²) in [6, 6.07) is 3.72. The summed E-state index contributed by atoms with van der Waals surface area (Å²) in [6.07, 6.45) is 1.26. The minimum atomic E-state index is -0.485. The molecule has 1 aromatic rings. The Balaban J connectivity index is 2.42. The maximum absolute atomic E-state index is 11.4. The van der Waals surface area contributed by atoms with Crippen molar-refractivity contribution >= 4 is 6.09 Å². The molecule has 0 aliphatic rings. The minimum absolute atomic E-state index is 0.347. The van der Waals surface area contributed by atoms with E-state index in [1.807, 2.05) is 32.9 Å². The second kappa shape index (κ2) is 5.63. The largest absolute Gasteiger partial charge is 0.444 e. The highest BCUT2D eigenvalue weighted by Crippen LogP contribution is 2.06. The molecule has 1 amide bonds. The maximum atomic E-state index is 11.4. The molecule has 17 heavy (non-hydrogen) atoms. The monoisotopic (exact) mass is 237 g/mol. The molecule has 0 aliphatic carbocycles. The Hall–Kier alpha value is -1.62. The third-order valence-corrected chi connectivity index (χ3v) is 1.93. The second-order valence-electron chi connectivity index (χ2n) is 4.72. The lowest BCUT2D eigenvalue weighted by Gasteiger charge is -2.19. The van der Waals surface area contributed by atoms with Crippen molar-refractivity contribution in [1.82, 2.24) is 10.3 Å². The van der Waals surface area contributed by atoms with E-state index in [0.717, 1.165) is 11.3 Å². The Morgan fingerprint density at radius 1 is 1.47 bits per heavy atom. The molecule has 94 valence electrons. The predicted octanol–water partition coefficient (Wildman–Crippen LogP) is 1.56. The number of rotatable bonds is 3. The number of amides is 1. The SMILES string of the molecule is CC(C)(C)OC(=O)NCc1ccc(CN)cn1. The zero-order chi connectivity index (χ0) is 12.9. The summed E-state index contributed by atoms with van der Waals surface area (Å²) in [7, 11) is 0. The van der Waals surface area contributed by atoms with Crippen LogP contribution in [0.25, 0.3) is 0 Å². The molecule has 0 saturated carbocycles. The molecule has 0 radical (unpaired) electrons. The van der Waals surface area contributed by atoms with Crippen molar-refractivity contribution in [3.63, 3.8) is 0 Å². The molecule has 5 heteroatoms. The average molecular weight is 237 g/mol. The normalized spacial score (nSPS) is 11.1. The number of hydrogen-bond donors (Lipinski definition) is 2. The number of hydrogen-bond acceptors (Lipinski definition) is 4. The van der Waals surface area contributed by atoms with Gasteiger partial charge < -0.3 is 15.8 Å². The first kappa shape index (κ1) is 13.4. The lowest BCUT2D eigenvalue weighted by atomic mass is 10.2. The number of nitrogens with zero attached hydrogens (tertiary/aromatic N) is 1. The van der Waals surface area contributed by atoms with Crippen molar-refractivity contribution in [2.45, 2.75) is 39.5 Å². The molecule has 0 unspecified atom stereocenters. The number of carbonyl (C=O) groups is 1. The Bertz CT molecular complexity index is 368. The van der Waals surface area contributed by atoms with E-state index >= 15 is 0 Å². The fourth-order valence-electron chi connectivity index (χ4n) is 1.16. The number of nitrogens with one attached hydrogen (secondary N) is 1. The van der Waals surface area contributed by atoms with Gasteiger partial charge in [0.05, 0.1) is 12.2 Å². The van der Waals surface area contributed by atoms with Gasteiger partial charge in [-0.15, -0.1) is 0 Å². The third kappa shape index (κ3) is 5.31. The van der Waals surface area contributed by atoms with Gasteiger partial charge in [0.25, 0.3) is 0 Å². The summed E-state index contributed by atoms with van der Waals surface area (Å²) in [5, 5.41) is 2.64. The molecule has 0 spiro atoms. The summed E-state index contributed by atoms with van der Waals surface area (Å²) in [5.74, 6) is 0. The van der Waals surface area contributed by atoms with Crippen LogP contribution in [-0.2, 0) is 17.8 Å². The highest BCUT2D eigenvalue weighted by molar-refractivity contribution is 5.67. The molecule has 0 saturated heterocycles. The van der Waals surface area contributed by atoms with Crippen LogP contribution in [0.5, 0.6) is 0 Å². The number of alkyl carbamates (subject to hydrolysis) is 1. The van der Waals surface area contributed by atoms with Crippen molar-refractivity contribution < 1.29 is 9.53 Å². The van der Waals surface area contributed by atoms with E-state index in [-0.39, 0.29) is 0 Å². The fourth-order valence-corrected chi connectivity index (χ4v) is 1.16. The Kier molecular flexibility index (Phi) is 4.45. The summed E-state index contributed by atoms with van der Waals surface area (Å²) >= 11 is 0. The summed E-state index contributed by atoms with van der Waals surface area (Å²) < 4.78 is 5.11. The first-order valence-corrected chi connectivity index (χ1v) is 5.51. The van der Waals surface area contributed by atoms with E-state index in [1.54, 1.807) is 6.20 Å². The topological polar surface area (TPSA) is 77.2 Å². The van der Waals surface area contributed by atoms with Gasteiger partial charge in [-0.2, -0.15) is 0 Å². The number of carbonyl (C=O) groups excluding carboxylic acids is 1. The molecule has 1 aromatic heterocycles. The van der Waals surface area contributed by atoms with Crippen LogP contribution < -0.4 is 11.1 Å². The van der Waals surface area contributed by atoms with Gasteiger partial charge in [0.2, 0.25) is 0 Å². The van der Waals surface area contributed by atoms with Crippen LogP contribution in [0, 0.1) is 0 Å². The highest BCUT2D eigenvalue weighted by Gasteiger charge is 2.15. The summed E-state index contributed by atoms with van der Waals surface area (Å²) in [6.45, 7) is 6.27. The average Bonchev–Trinajstić information content (AvgIpc) is 2.25. The van der Waals surface area contributed by atoms with Crippen LogP contribution >= 0.6 is 0 Å². The molecular formula is C12H19N3O2. The molecule has 0 fully saturated rings. The van der Waals surface area contributed by atoms with E-state index in [4.69, 9.17) is 10.5 Å². The van der Waals surface area contributed by atoms with Crippen LogP contribution in [0.4, 0.5) is 4.79 Å². The summed E-state index contributed by atoms with van der Waals surface area (Å²) in [5.41, 5.74) is 6.71. The van der Waals surface area contributed by atoms with E-state index in [0.29, 0.717) is 13.1 Å². The van der Waals surface area contributed by atoms with Crippen molar-refractivity contribution in [3.8, 4) is 0 Å². The van der Waals surface area contributed by atoms with Crippen LogP contribution in [0.3, 0.4) is 0 Å². The van der Waals surface area contributed by atoms with Crippen molar-refractivity contribution in [2.75, 3.05) is 0 Å². The van der Waals surface area contributed by atoms with Gasteiger partial charge in [-0.3, -0.25) is 4.98 Å². The van der Waals surface area contributed by atoms with Gasteiger partial charge >= 0.3 is 6.09 Å². The molecule has 0 aromatic carbocycles. The number of ether oxygens (including phenoxy) is 1. The molecule has 3 N–H and O–H groups in total. The molecule has 0 atom stereocenters. The Morgan fingerprint density at radius 3 is 2.65 bits per heavy atom. The van der Waals surface area contributed by atoms with Crippen molar-refractivity contribution in [1.29, 1.82) is 0 Å². The molecular weight excluding hydrogens is 218 g/mol. The first-order chi connectivity index (χ1) is 7.90. The van der Waals surface area contributed by atoms with Gasteiger partial charge in [-0.05, 0) is 32.4 Å². The zero-order valence-corrected chi connectivity index (χ0v) is 10.5. The highest BCUT2D eigenvalue weighted by atomic mass is 16.6. The quantitative estimate of drug-likeness (QED) is 0.836. The predicted molar refractivity (Wildman–Crippen MR) is 65.2 cm³/mol. The molecule has 1 heterocycles. The van der Waals surface area contributed by atoms with E-state index in [2.05, 4.69) is 10.3 Å². The number of nitrogens with two attached hydrogens (primary N) is 1. The summed E-state index contributed by atoms with van der Waals surface area (Å²) in [4.78, 5) is 15.5. The maximum Gasteiger partial charge on any atom is 0.407 e. The van der Waals surface area contributed by atoms with Crippen molar-refractivity contribution in [2.24, 2.45) is 5.73 Å². The van der Waals surface area contributed by atoms with Gasteiger partial charge in [0, 0.05) is 12.7 Å². The smallest absolute Gasteiger partial charge is 0.407 e. The Morgan fingerprint density at radius 2 is 2.18 bits per heavy atom. The van der Waals surface area contributed by atoms with Crippen molar-refractivity contribution in [3.05, 3.63) is 29.6 Å². The van der Waals surface area contributed by atoms with Crippen LogP contribution in [-0.4, -0.2) is 16.7 Å². The van der Waals surface area contributed by atoms with Crippen LogP contribution in [0.15, 0.2) is 18.3 Å². The van der Waals surface area contributed by atoms with Crippen LogP contribution in [0.1, 0.15) is 32.0 Å². The number of pyridine rings is 1. The van der Waals surface area contributed by atoms with Gasteiger partial charge in [-0.1, -0.05) is 6.07 Å². The van der Waals surface area contributed by atoms with E-state index in [1.165, 1.54) is 0 Å². The molecule has 1 rings (SSSR count).